The van der Waals surface area contributed by atoms with Gasteiger partial charge in [0.25, 0.3) is 0 Å². The van der Waals surface area contributed by atoms with Crippen molar-refractivity contribution in [3.05, 3.63) is 424 Å². The molecule has 0 radical (unpaired) electrons. The first kappa shape index (κ1) is 75.9. The maximum atomic E-state index is 9.83. The van der Waals surface area contributed by atoms with Crippen molar-refractivity contribution in [2.24, 2.45) is 0 Å². The Kier molecular flexibility index (Phi) is 15.4. The van der Waals surface area contributed by atoms with Crippen molar-refractivity contribution in [1.29, 1.82) is 5.26 Å². The summed E-state index contributed by atoms with van der Waals surface area (Å²) < 4.78 is 14.4. The van der Waals surface area contributed by atoms with Crippen molar-refractivity contribution in [3.8, 4) is 46.2 Å². The van der Waals surface area contributed by atoms with E-state index >= 15 is 0 Å². The zero-order valence-corrected chi connectivity index (χ0v) is 74.4. The smallest absolute Gasteiger partial charge is 0.235 e. The largest absolute Gasteiger partial charge is 0.307 e. The Hall–Kier alpha value is -19.6. The summed E-state index contributed by atoms with van der Waals surface area (Å²) in [5, 5.41) is 41.3. The summed E-state index contributed by atoms with van der Waals surface area (Å²) in [7, 11) is 0. The average Bonchev–Trinajstić information content (AvgIpc) is 1.52. The van der Waals surface area contributed by atoms with E-state index in [2.05, 4.69) is 341 Å². The Morgan fingerprint density at radius 3 is 1.15 bits per heavy atom. The van der Waals surface area contributed by atoms with Crippen LogP contribution in [0.4, 0.5) is 5.69 Å². The molecule has 0 spiro atoms. The van der Waals surface area contributed by atoms with Crippen molar-refractivity contribution in [1.82, 2.24) is 61.8 Å². The van der Waals surface area contributed by atoms with Crippen LogP contribution in [0.5, 0.6) is 0 Å². The van der Waals surface area contributed by atoms with Gasteiger partial charge in [0.1, 0.15) is 22.7 Å². The zero-order valence-electron chi connectivity index (χ0n) is 74.4. The molecule has 0 bridgehead atoms. The SMILES string of the molecule is N#Cc1cccc(-c2nc3ccccc3nc2-n2c3ccccc3c3cc4c5ccccc5n5c6c7ccccc7ccc6c(c32)c45)c1.[C-]#[N+]c1cccc(-c2nc(-n3c4ccccc4c4cc5c6ccccc6n6c7c8ccccc8ccc7c(c43)c56)nc3cccnc23)c1.c1ccc2c(c1)ccc1c3c4c(cc5c6ccccc6n(c21)c53)c1ccccc1n4-c1ccc2ccc3cccnc3c2n1. The van der Waals surface area contributed by atoms with Gasteiger partial charge < -0.3 is 13.2 Å². The number of pyridine rings is 3. The monoisotopic (exact) mass is 1780 g/mol. The Balaban J connectivity index is 0.0000000969. The van der Waals surface area contributed by atoms with E-state index in [4.69, 9.17) is 41.5 Å². The maximum absolute atomic E-state index is 9.83. The third-order valence-corrected chi connectivity index (χ3v) is 29.5. The van der Waals surface area contributed by atoms with E-state index in [1.807, 2.05) is 97.2 Å². The lowest BCUT2D eigenvalue weighted by Gasteiger charge is -2.14. The lowest BCUT2D eigenvalue weighted by atomic mass is 10.0. The van der Waals surface area contributed by atoms with E-state index < -0.39 is 0 Å². The number of fused-ring (bicyclic) bond motifs is 41. The van der Waals surface area contributed by atoms with Crippen LogP contribution in [0.2, 0.25) is 0 Å². The highest BCUT2D eigenvalue weighted by Gasteiger charge is 2.33. The molecule has 0 saturated heterocycles. The molecule has 15 heteroatoms. The zero-order chi connectivity index (χ0) is 91.5. The molecule has 0 aliphatic rings. The van der Waals surface area contributed by atoms with E-state index in [9.17, 15) is 5.26 Å². The molecule has 15 nitrogen and oxygen atoms in total. The molecule has 14 heterocycles. The number of hydrogen-bond donors (Lipinski definition) is 0. The van der Waals surface area contributed by atoms with E-state index in [0.29, 0.717) is 28.4 Å². The normalized spacial score (nSPS) is 12.3. The summed E-state index contributed by atoms with van der Waals surface area (Å²) >= 11 is 0. The minimum atomic E-state index is 0.556. The van der Waals surface area contributed by atoms with E-state index in [1.165, 1.54) is 168 Å². The van der Waals surface area contributed by atoms with E-state index in [-0.39, 0.29) is 0 Å². The molecular weight excluding hydrogens is 1710 g/mol. The second kappa shape index (κ2) is 28.5. The predicted octanol–water partition coefficient (Wildman–Crippen LogP) is 31.4. The molecule has 0 atom stereocenters. The second-order valence-electron chi connectivity index (χ2n) is 36.7. The first-order valence-corrected chi connectivity index (χ1v) is 47.0. The van der Waals surface area contributed by atoms with Gasteiger partial charge in [0.2, 0.25) is 5.95 Å². The summed E-state index contributed by atoms with van der Waals surface area (Å²) in [5.41, 5.74) is 26.8. The minimum absolute atomic E-state index is 0.556. The Morgan fingerprint density at radius 2 is 0.629 bits per heavy atom. The predicted molar refractivity (Wildman–Crippen MR) is 575 cm³/mol. The van der Waals surface area contributed by atoms with Crippen LogP contribution in [-0.4, -0.2) is 61.8 Å². The topological polar surface area (TPSA) is 146 Å². The Bertz CT molecular complexity index is 11400. The van der Waals surface area contributed by atoms with Crippen LogP contribution in [-0.2, 0) is 0 Å². The van der Waals surface area contributed by atoms with E-state index in [1.54, 1.807) is 6.20 Å². The van der Waals surface area contributed by atoms with Gasteiger partial charge >= 0.3 is 0 Å². The minimum Gasteiger partial charge on any atom is -0.307 e. The van der Waals surface area contributed by atoms with Gasteiger partial charge in [0, 0.05) is 142 Å². The van der Waals surface area contributed by atoms with Crippen LogP contribution in [0, 0.1) is 17.9 Å². The fourth-order valence-corrected chi connectivity index (χ4v) is 23.8. The molecule has 140 heavy (non-hydrogen) atoms. The fourth-order valence-electron chi connectivity index (χ4n) is 23.8. The molecule has 0 N–H and O–H groups in total. The van der Waals surface area contributed by atoms with Gasteiger partial charge in [0.05, 0.1) is 129 Å². The van der Waals surface area contributed by atoms with Crippen LogP contribution in [0.1, 0.15) is 5.56 Å². The summed E-state index contributed by atoms with van der Waals surface area (Å²) in [5.74, 6) is 2.20. The fraction of sp³-hybridized carbons (Fsp3) is 0. The number of para-hydroxylation sites is 8. The van der Waals surface area contributed by atoms with Gasteiger partial charge in [-0.25, -0.2) is 29.8 Å². The number of hydrogen-bond acceptors (Lipinski definition) is 8. The summed E-state index contributed by atoms with van der Waals surface area (Å²) in [6.45, 7) is 7.64. The molecule has 0 aliphatic carbocycles. The molecular formula is C125H67N15. The third-order valence-electron chi connectivity index (χ3n) is 29.5. The number of aromatic nitrogens is 13. The van der Waals surface area contributed by atoms with Crippen molar-refractivity contribution in [3.63, 3.8) is 0 Å². The molecule has 19 aromatic carbocycles. The molecule has 642 valence electrons. The first-order valence-electron chi connectivity index (χ1n) is 47.0. The maximum Gasteiger partial charge on any atom is 0.235 e. The standard InChI is InChI=1S/C43H23N5.C42H22N6.C40H22N4/c44-24-25-10-9-12-27(22-25)39-43(46-35-17-6-5-16-34(35)45-39)48-37-19-8-4-15-30(37)33-23-32-29-14-3-7-18-36(29)47-40-28-13-2-1-11-26(28)20-21-31(40)38(41(32)47)42(33)48;1-43-26-12-8-11-25(22-26)37-38-33(16-9-21-44-38)45-42(46-37)48-35-18-7-5-15-29(35)32-23-31-28-14-4-6-17-34(28)47-39-27-13-3-2-10-24(27)19-20-30(39)36(40(31)47)41(32)48;1-2-10-26-23(8-1)17-19-29-35-39-30(22-31-28-12-4-6-14-33(28)44(38(26)29)40(31)35)27-11-3-5-13-32(27)43(39)34-20-18-25-16-15-24-9-7-21-41-36(24)37(25)42-34/h1-23H;2-23H;1-22H. The second-order valence-corrected chi connectivity index (χ2v) is 36.7. The van der Waals surface area contributed by atoms with Gasteiger partial charge in [0.15, 0.2) is 11.5 Å². The van der Waals surface area contributed by atoms with Crippen molar-refractivity contribution in [2.75, 3.05) is 0 Å². The third kappa shape index (κ3) is 10.3. The molecule has 0 unspecified atom stereocenters. The molecule has 0 saturated carbocycles. The van der Waals surface area contributed by atoms with Gasteiger partial charge in [-0.2, -0.15) is 5.26 Å². The van der Waals surface area contributed by atoms with Crippen molar-refractivity contribution in [2.45, 2.75) is 0 Å². The van der Waals surface area contributed by atoms with Gasteiger partial charge in [-0.1, -0.05) is 279 Å². The highest BCUT2D eigenvalue weighted by Crippen LogP contribution is 2.54. The molecule has 0 fully saturated rings. The number of nitriles is 1. The Morgan fingerprint density at radius 1 is 0.243 bits per heavy atom. The highest BCUT2D eigenvalue weighted by molar-refractivity contribution is 6.40. The quantitative estimate of drug-likeness (QED) is 0.122. The van der Waals surface area contributed by atoms with Crippen LogP contribution in [0.25, 0.3) is 301 Å². The van der Waals surface area contributed by atoms with Crippen LogP contribution in [0.3, 0.4) is 0 Å². The average molecular weight is 1780 g/mol. The van der Waals surface area contributed by atoms with Crippen LogP contribution in [0.15, 0.2) is 407 Å². The summed E-state index contributed by atoms with van der Waals surface area (Å²) in [6, 6.07) is 141. The molecule has 33 rings (SSSR count). The lowest BCUT2D eigenvalue weighted by molar-refractivity contribution is 1.01. The summed E-state index contributed by atoms with van der Waals surface area (Å²) in [4.78, 5) is 39.6. The van der Waals surface area contributed by atoms with Crippen LogP contribution >= 0.6 is 0 Å². The molecule has 14 aromatic heterocycles. The van der Waals surface area contributed by atoms with Gasteiger partial charge in [-0.15, -0.1) is 0 Å². The summed E-state index contributed by atoms with van der Waals surface area (Å²) in [6.07, 6.45) is 3.62. The van der Waals surface area contributed by atoms with Gasteiger partial charge in [-0.05, 0) is 137 Å². The molecule has 0 aliphatic heterocycles. The first-order chi connectivity index (χ1) is 69.4. The number of nitrogens with zero attached hydrogens (tertiary/aromatic N) is 15. The van der Waals surface area contributed by atoms with Crippen molar-refractivity contribution < 1.29 is 0 Å². The molecule has 33 aromatic rings. The van der Waals surface area contributed by atoms with E-state index in [0.717, 1.165) is 111 Å². The highest BCUT2D eigenvalue weighted by atomic mass is 15.2. The van der Waals surface area contributed by atoms with Crippen LogP contribution < -0.4 is 0 Å². The number of rotatable bonds is 5. The Labute approximate surface area is 793 Å². The lowest BCUT2D eigenvalue weighted by Crippen LogP contribution is -2.04. The molecule has 0 amide bonds. The number of benzene rings is 19. The van der Waals surface area contributed by atoms with Gasteiger partial charge in [-0.3, -0.25) is 23.7 Å². The van der Waals surface area contributed by atoms with Crippen molar-refractivity contribution >= 4 is 262 Å².